The van der Waals surface area contributed by atoms with Crippen LogP contribution in [-0.4, -0.2) is 48.3 Å². The Morgan fingerprint density at radius 3 is 2.68 bits per heavy atom. The smallest absolute Gasteiger partial charge is 0.227 e. The number of carbonyl (C=O) groups is 2. The van der Waals surface area contributed by atoms with Crippen molar-refractivity contribution in [2.45, 2.75) is 32.1 Å². The second-order valence-corrected chi connectivity index (χ2v) is 5.57. The molecule has 1 saturated heterocycles. The average molecular weight is 263 g/mol. The van der Waals surface area contributed by atoms with E-state index >= 15 is 0 Å². The van der Waals surface area contributed by atoms with E-state index in [0.717, 1.165) is 32.2 Å². The molecular formula is C14H21N3O2. The van der Waals surface area contributed by atoms with Crippen molar-refractivity contribution >= 4 is 11.8 Å². The average Bonchev–Trinajstić information content (AvgIpc) is 3.27. The Bertz CT molecular complexity index is 398. The first-order valence-electron chi connectivity index (χ1n) is 7.04. The van der Waals surface area contributed by atoms with E-state index in [2.05, 4.69) is 0 Å². The molecule has 0 spiro atoms. The molecule has 0 bridgehead atoms. The van der Waals surface area contributed by atoms with Crippen LogP contribution in [0.5, 0.6) is 0 Å². The van der Waals surface area contributed by atoms with Crippen molar-refractivity contribution in [1.82, 2.24) is 9.80 Å². The minimum Gasteiger partial charge on any atom is -0.344 e. The van der Waals surface area contributed by atoms with Gasteiger partial charge in [0.2, 0.25) is 11.8 Å². The van der Waals surface area contributed by atoms with Crippen LogP contribution in [0.25, 0.3) is 0 Å². The molecule has 2 rings (SSSR count). The van der Waals surface area contributed by atoms with Crippen molar-refractivity contribution in [3.63, 3.8) is 0 Å². The molecule has 1 saturated carbocycles. The van der Waals surface area contributed by atoms with Gasteiger partial charge >= 0.3 is 0 Å². The van der Waals surface area contributed by atoms with Gasteiger partial charge in [-0.2, -0.15) is 5.26 Å². The molecule has 2 fully saturated rings. The van der Waals surface area contributed by atoms with Gasteiger partial charge in [0.1, 0.15) is 0 Å². The molecule has 19 heavy (non-hydrogen) atoms. The summed E-state index contributed by atoms with van der Waals surface area (Å²) in [4.78, 5) is 27.8. The first kappa shape index (κ1) is 13.9. The number of hydrogen-bond acceptors (Lipinski definition) is 3. The lowest BCUT2D eigenvalue weighted by Crippen LogP contribution is -2.46. The van der Waals surface area contributed by atoms with Crippen molar-refractivity contribution < 1.29 is 9.59 Å². The summed E-state index contributed by atoms with van der Waals surface area (Å²) in [6, 6.07) is 2.05. The van der Waals surface area contributed by atoms with E-state index in [4.69, 9.17) is 5.26 Å². The fourth-order valence-electron chi connectivity index (χ4n) is 2.61. The zero-order valence-electron chi connectivity index (χ0n) is 11.5. The number of rotatable bonds is 4. The van der Waals surface area contributed by atoms with Crippen LogP contribution in [0, 0.1) is 23.2 Å². The minimum absolute atomic E-state index is 0.0727. The molecular weight excluding hydrogens is 242 g/mol. The van der Waals surface area contributed by atoms with Crippen LogP contribution in [0.2, 0.25) is 0 Å². The van der Waals surface area contributed by atoms with Crippen molar-refractivity contribution in [3.8, 4) is 6.07 Å². The van der Waals surface area contributed by atoms with Crippen molar-refractivity contribution in [2.24, 2.45) is 11.8 Å². The molecule has 0 aromatic heterocycles. The normalized spacial score (nSPS) is 22.7. The Balaban J connectivity index is 1.87. The molecule has 1 aliphatic heterocycles. The summed E-state index contributed by atoms with van der Waals surface area (Å²) in [5.74, 6) is 0.450. The second kappa shape index (κ2) is 6.05. The van der Waals surface area contributed by atoms with Crippen LogP contribution < -0.4 is 0 Å². The summed E-state index contributed by atoms with van der Waals surface area (Å²) in [6.45, 7) is 1.83. The fourth-order valence-corrected chi connectivity index (χ4v) is 2.61. The molecule has 0 N–H and O–H groups in total. The highest BCUT2D eigenvalue weighted by Gasteiger charge is 2.37. The third kappa shape index (κ3) is 3.46. The maximum atomic E-state index is 12.2. The van der Waals surface area contributed by atoms with E-state index in [-0.39, 0.29) is 23.7 Å². The minimum atomic E-state index is -0.0832. The molecule has 5 nitrogen and oxygen atoms in total. The summed E-state index contributed by atoms with van der Waals surface area (Å²) in [7, 11) is 1.74. The number of nitriles is 1. The standard InChI is InChI=1S/C14H21N3O2/c1-16(8-3-7-15)13(18)12-4-2-9-17(10-12)14(19)11-5-6-11/h11-12H,2-6,8-10H2,1H3/t12-/m0/s1. The van der Waals surface area contributed by atoms with Crippen molar-refractivity contribution in [1.29, 1.82) is 5.26 Å². The van der Waals surface area contributed by atoms with E-state index in [0.29, 0.717) is 19.5 Å². The monoisotopic (exact) mass is 263 g/mol. The Hall–Kier alpha value is -1.57. The summed E-state index contributed by atoms with van der Waals surface area (Å²) >= 11 is 0. The van der Waals surface area contributed by atoms with Gasteiger partial charge in [-0.05, 0) is 25.7 Å². The number of likely N-dealkylation sites (tertiary alicyclic amines) is 1. The van der Waals surface area contributed by atoms with Crippen molar-refractivity contribution in [2.75, 3.05) is 26.7 Å². The summed E-state index contributed by atoms with van der Waals surface area (Å²) in [6.07, 6.45) is 4.14. The quantitative estimate of drug-likeness (QED) is 0.760. The number of piperidine rings is 1. The van der Waals surface area contributed by atoms with E-state index in [1.165, 1.54) is 0 Å². The summed E-state index contributed by atoms with van der Waals surface area (Å²) in [5, 5.41) is 8.55. The molecule has 0 aromatic carbocycles. The van der Waals surface area contributed by atoms with Crippen LogP contribution in [0.1, 0.15) is 32.1 Å². The van der Waals surface area contributed by atoms with Gasteiger partial charge < -0.3 is 9.80 Å². The van der Waals surface area contributed by atoms with Gasteiger partial charge in [-0.25, -0.2) is 0 Å². The van der Waals surface area contributed by atoms with Gasteiger partial charge in [0.15, 0.2) is 0 Å². The van der Waals surface area contributed by atoms with Gasteiger partial charge in [-0.3, -0.25) is 9.59 Å². The van der Waals surface area contributed by atoms with Gasteiger partial charge in [0.25, 0.3) is 0 Å². The van der Waals surface area contributed by atoms with Gasteiger partial charge in [-0.1, -0.05) is 0 Å². The first-order valence-corrected chi connectivity index (χ1v) is 7.04. The third-order valence-electron chi connectivity index (χ3n) is 3.94. The summed E-state index contributed by atoms with van der Waals surface area (Å²) in [5.41, 5.74) is 0. The Kier molecular flexibility index (Phi) is 4.41. The SMILES string of the molecule is CN(CCC#N)C(=O)[C@H]1CCCN(C(=O)C2CC2)C1. The lowest BCUT2D eigenvalue weighted by molar-refractivity contribution is -0.140. The van der Waals surface area contributed by atoms with Gasteiger partial charge in [0.05, 0.1) is 18.4 Å². The van der Waals surface area contributed by atoms with Crippen LogP contribution in [0.4, 0.5) is 0 Å². The highest BCUT2D eigenvalue weighted by atomic mass is 16.2. The number of hydrogen-bond donors (Lipinski definition) is 0. The maximum absolute atomic E-state index is 12.2. The van der Waals surface area contributed by atoms with Crippen molar-refractivity contribution in [3.05, 3.63) is 0 Å². The lowest BCUT2D eigenvalue weighted by Gasteiger charge is -2.34. The molecule has 1 atom stereocenters. The van der Waals surface area contributed by atoms with Crippen LogP contribution >= 0.6 is 0 Å². The lowest BCUT2D eigenvalue weighted by atomic mass is 9.96. The first-order chi connectivity index (χ1) is 9.13. The molecule has 1 heterocycles. The molecule has 0 unspecified atom stereocenters. The molecule has 1 aliphatic carbocycles. The molecule has 104 valence electrons. The predicted molar refractivity (Wildman–Crippen MR) is 69.9 cm³/mol. The molecule has 2 aliphatic rings. The van der Waals surface area contributed by atoms with Gasteiger partial charge in [-0.15, -0.1) is 0 Å². The Labute approximate surface area is 114 Å². The summed E-state index contributed by atoms with van der Waals surface area (Å²) < 4.78 is 0. The topological polar surface area (TPSA) is 64.4 Å². The second-order valence-electron chi connectivity index (χ2n) is 5.57. The number of carbonyl (C=O) groups excluding carboxylic acids is 2. The van der Waals surface area contributed by atoms with Crippen LogP contribution in [0.15, 0.2) is 0 Å². The zero-order chi connectivity index (χ0) is 13.8. The molecule has 0 aromatic rings. The zero-order valence-corrected chi connectivity index (χ0v) is 11.5. The highest BCUT2D eigenvalue weighted by molar-refractivity contribution is 5.83. The number of amides is 2. The van der Waals surface area contributed by atoms with E-state index in [9.17, 15) is 9.59 Å². The maximum Gasteiger partial charge on any atom is 0.227 e. The fraction of sp³-hybridized carbons (Fsp3) is 0.786. The molecule has 5 heteroatoms. The van der Waals surface area contributed by atoms with Gasteiger partial charge in [0, 0.05) is 32.6 Å². The molecule has 2 amide bonds. The third-order valence-corrected chi connectivity index (χ3v) is 3.94. The Morgan fingerprint density at radius 2 is 2.05 bits per heavy atom. The van der Waals surface area contributed by atoms with E-state index < -0.39 is 0 Å². The molecule has 0 radical (unpaired) electrons. The Morgan fingerprint density at radius 1 is 1.32 bits per heavy atom. The number of nitrogens with zero attached hydrogens (tertiary/aromatic N) is 3. The van der Waals surface area contributed by atoms with Crippen LogP contribution in [-0.2, 0) is 9.59 Å². The van der Waals surface area contributed by atoms with E-state index in [1.54, 1.807) is 11.9 Å². The largest absolute Gasteiger partial charge is 0.344 e. The van der Waals surface area contributed by atoms with E-state index in [1.807, 2.05) is 11.0 Å². The predicted octanol–water partition coefficient (Wildman–Crippen LogP) is 1.01. The van der Waals surface area contributed by atoms with Crippen LogP contribution in [0.3, 0.4) is 0 Å². The highest BCUT2D eigenvalue weighted by Crippen LogP contribution is 2.32.